The van der Waals surface area contributed by atoms with Crippen molar-refractivity contribution in [3.63, 3.8) is 0 Å². The third kappa shape index (κ3) is 5.81. The summed E-state index contributed by atoms with van der Waals surface area (Å²) in [4.78, 5) is 28.0. The van der Waals surface area contributed by atoms with Crippen LogP contribution in [0.2, 0.25) is 0 Å². The first-order valence-electron chi connectivity index (χ1n) is 11.7. The fourth-order valence-electron chi connectivity index (χ4n) is 4.41. The molecule has 4 aromatic rings. The molecular weight excluding hydrogens is 499 g/mol. The number of H-pyrrole nitrogens is 1. The van der Waals surface area contributed by atoms with Crippen LogP contribution >= 0.6 is 0 Å². The summed E-state index contributed by atoms with van der Waals surface area (Å²) in [5.74, 6) is -2.15. The summed E-state index contributed by atoms with van der Waals surface area (Å²) in [7, 11) is 0. The topological polar surface area (TPSA) is 117 Å². The van der Waals surface area contributed by atoms with Crippen LogP contribution < -0.4 is 15.8 Å². The maximum absolute atomic E-state index is 13.4. The molecule has 0 saturated carbocycles. The number of carbonyl (C=O) groups excluding carboxylic acids is 2. The Labute approximate surface area is 216 Å². The van der Waals surface area contributed by atoms with Gasteiger partial charge >= 0.3 is 6.36 Å². The van der Waals surface area contributed by atoms with Gasteiger partial charge in [0.15, 0.2) is 0 Å². The molecule has 0 aliphatic rings. The maximum atomic E-state index is 13.4. The van der Waals surface area contributed by atoms with Gasteiger partial charge in [0.2, 0.25) is 5.91 Å². The molecule has 1 aromatic heterocycles. The van der Waals surface area contributed by atoms with Crippen LogP contribution in [0.4, 0.5) is 13.2 Å². The van der Waals surface area contributed by atoms with Crippen LogP contribution in [0.1, 0.15) is 38.8 Å². The van der Waals surface area contributed by atoms with Crippen molar-refractivity contribution in [2.75, 3.05) is 6.61 Å². The van der Waals surface area contributed by atoms with Crippen LogP contribution in [0.15, 0.2) is 66.9 Å². The van der Waals surface area contributed by atoms with E-state index in [0.717, 1.165) is 22.5 Å². The number of hydrogen-bond donors (Lipinski definition) is 4. The molecule has 1 heterocycles. The summed E-state index contributed by atoms with van der Waals surface area (Å²) in [5, 5.41) is 13.8. The summed E-state index contributed by atoms with van der Waals surface area (Å²) < 4.78 is 43.6. The number of amides is 2. The highest BCUT2D eigenvalue weighted by molar-refractivity contribution is 5.99. The molecule has 7 nitrogen and oxygen atoms in total. The van der Waals surface area contributed by atoms with E-state index in [1.807, 2.05) is 24.3 Å². The van der Waals surface area contributed by atoms with Crippen molar-refractivity contribution in [3.05, 3.63) is 89.1 Å². The number of aliphatic hydroxyl groups is 1. The monoisotopic (exact) mass is 525 g/mol. The van der Waals surface area contributed by atoms with Crippen LogP contribution in [-0.2, 0) is 6.42 Å². The van der Waals surface area contributed by atoms with Gasteiger partial charge in [-0.1, -0.05) is 30.3 Å². The lowest BCUT2D eigenvalue weighted by atomic mass is 9.92. The number of aliphatic hydroxyl groups excluding tert-OH is 1. The Hall–Kier alpha value is -4.31. The molecule has 0 fully saturated rings. The van der Waals surface area contributed by atoms with Crippen molar-refractivity contribution in [3.8, 4) is 16.9 Å². The fourth-order valence-corrected chi connectivity index (χ4v) is 4.41. The second-order valence-corrected chi connectivity index (χ2v) is 9.36. The van der Waals surface area contributed by atoms with Crippen LogP contribution in [0.25, 0.3) is 22.0 Å². The number of carbonyl (C=O) groups is 2. The van der Waals surface area contributed by atoms with Crippen LogP contribution in [-0.4, -0.2) is 40.4 Å². The van der Waals surface area contributed by atoms with Gasteiger partial charge in [-0.05, 0) is 72.9 Å². The van der Waals surface area contributed by atoms with Gasteiger partial charge in [-0.15, -0.1) is 13.2 Å². The summed E-state index contributed by atoms with van der Waals surface area (Å²) in [5.41, 5.74) is 7.39. The van der Waals surface area contributed by atoms with E-state index in [2.05, 4.69) is 15.0 Å². The number of para-hydroxylation sites is 1. The summed E-state index contributed by atoms with van der Waals surface area (Å²) in [6.45, 7) is 2.85. The molecule has 0 radical (unpaired) electrons. The van der Waals surface area contributed by atoms with Crippen molar-refractivity contribution in [2.24, 2.45) is 5.73 Å². The number of benzene rings is 3. The summed E-state index contributed by atoms with van der Waals surface area (Å²) >= 11 is 0. The quantitative estimate of drug-likeness (QED) is 0.263. The van der Waals surface area contributed by atoms with E-state index in [4.69, 9.17) is 5.73 Å². The lowest BCUT2D eigenvalue weighted by Gasteiger charge is -2.29. The lowest BCUT2D eigenvalue weighted by Crippen LogP contribution is -2.50. The van der Waals surface area contributed by atoms with E-state index >= 15 is 0 Å². The number of nitrogens with two attached hydrogens (primary N) is 1. The van der Waals surface area contributed by atoms with Gasteiger partial charge in [0.25, 0.3) is 5.91 Å². The number of hydrogen-bond acceptors (Lipinski definition) is 4. The number of aromatic amines is 1. The normalized spacial score (nSPS) is 13.2. The first kappa shape index (κ1) is 26.7. The van der Waals surface area contributed by atoms with Crippen LogP contribution in [0.3, 0.4) is 0 Å². The molecule has 1 atom stereocenters. The second kappa shape index (κ2) is 10.2. The van der Waals surface area contributed by atoms with Gasteiger partial charge in [-0.25, -0.2) is 0 Å². The third-order valence-corrected chi connectivity index (χ3v) is 6.29. The molecule has 0 saturated heterocycles. The standard InChI is InChI=1S/C28H26F3N3O4/c1-16-11-18(25(32)36)7-9-20(16)17-8-10-24(38-28(29,30)31)22(12-17)26(37)34-27(2,15-35)13-19-14-33-23-6-4-3-5-21(19)23/h3-12,14,33,35H,13,15H2,1-2H3,(H2,32,36)(H,34,37). The molecule has 1 unspecified atom stereocenters. The van der Waals surface area contributed by atoms with Crippen molar-refractivity contribution in [1.82, 2.24) is 10.3 Å². The van der Waals surface area contributed by atoms with Crippen LogP contribution in [0, 0.1) is 6.92 Å². The van der Waals surface area contributed by atoms with Gasteiger partial charge in [-0.3, -0.25) is 9.59 Å². The molecule has 0 spiro atoms. The Morgan fingerprint density at radius 1 is 1.08 bits per heavy atom. The van der Waals surface area contributed by atoms with Gasteiger partial charge in [0, 0.05) is 22.7 Å². The van der Waals surface area contributed by atoms with Gasteiger partial charge in [0.1, 0.15) is 5.75 Å². The maximum Gasteiger partial charge on any atom is 0.573 e. The third-order valence-electron chi connectivity index (χ3n) is 6.29. The highest BCUT2D eigenvalue weighted by Crippen LogP contribution is 2.33. The van der Waals surface area contributed by atoms with Crippen molar-refractivity contribution >= 4 is 22.7 Å². The molecular formula is C28H26F3N3O4. The zero-order chi connectivity index (χ0) is 27.7. The molecule has 0 aliphatic carbocycles. The minimum absolute atomic E-state index is 0.210. The molecule has 3 aromatic carbocycles. The van der Waals surface area contributed by atoms with E-state index in [9.17, 15) is 27.9 Å². The van der Waals surface area contributed by atoms with E-state index in [1.54, 1.807) is 32.2 Å². The summed E-state index contributed by atoms with van der Waals surface area (Å²) in [6.07, 6.45) is -3.05. The smallest absolute Gasteiger partial charge is 0.405 e. The predicted molar refractivity (Wildman–Crippen MR) is 137 cm³/mol. The van der Waals surface area contributed by atoms with Gasteiger partial charge in [-0.2, -0.15) is 0 Å². The van der Waals surface area contributed by atoms with Crippen molar-refractivity contribution in [1.29, 1.82) is 0 Å². The van der Waals surface area contributed by atoms with E-state index in [1.165, 1.54) is 18.2 Å². The largest absolute Gasteiger partial charge is 0.573 e. The molecule has 4 rings (SSSR count). The zero-order valence-corrected chi connectivity index (χ0v) is 20.6. The molecule has 198 valence electrons. The number of aryl methyl sites for hydroxylation is 1. The number of alkyl halides is 3. The Morgan fingerprint density at radius 3 is 2.47 bits per heavy atom. The number of rotatable bonds is 8. The highest BCUT2D eigenvalue weighted by Gasteiger charge is 2.34. The average molecular weight is 526 g/mol. The Morgan fingerprint density at radius 2 is 1.82 bits per heavy atom. The Kier molecular flexibility index (Phi) is 7.19. The predicted octanol–water partition coefficient (Wildman–Crippen LogP) is 4.86. The first-order chi connectivity index (χ1) is 17.9. The van der Waals surface area contributed by atoms with E-state index in [-0.39, 0.29) is 17.5 Å². The minimum Gasteiger partial charge on any atom is -0.405 e. The zero-order valence-electron chi connectivity index (χ0n) is 20.6. The fraction of sp³-hybridized carbons (Fsp3) is 0.214. The van der Waals surface area contributed by atoms with E-state index < -0.39 is 36.1 Å². The number of aromatic nitrogens is 1. The highest BCUT2D eigenvalue weighted by atomic mass is 19.4. The molecule has 5 N–H and O–H groups in total. The second-order valence-electron chi connectivity index (χ2n) is 9.36. The number of primary amides is 1. The van der Waals surface area contributed by atoms with Crippen molar-refractivity contribution in [2.45, 2.75) is 32.2 Å². The number of nitrogens with one attached hydrogen (secondary N) is 2. The molecule has 0 bridgehead atoms. The van der Waals surface area contributed by atoms with Gasteiger partial charge in [0.05, 0.1) is 17.7 Å². The minimum atomic E-state index is -5.03. The first-order valence-corrected chi connectivity index (χ1v) is 11.7. The van der Waals surface area contributed by atoms with Crippen LogP contribution in [0.5, 0.6) is 5.75 Å². The number of fused-ring (bicyclic) bond motifs is 1. The lowest BCUT2D eigenvalue weighted by molar-refractivity contribution is -0.274. The number of halogens is 3. The number of ether oxygens (including phenoxy) is 1. The summed E-state index contributed by atoms with van der Waals surface area (Å²) in [6, 6.07) is 15.9. The Bertz CT molecular complexity index is 1510. The molecule has 0 aliphatic heterocycles. The average Bonchev–Trinajstić information content (AvgIpc) is 3.25. The van der Waals surface area contributed by atoms with Gasteiger partial charge < -0.3 is 25.9 Å². The molecule has 38 heavy (non-hydrogen) atoms. The SMILES string of the molecule is Cc1cc(C(N)=O)ccc1-c1ccc(OC(F)(F)F)c(C(=O)NC(C)(CO)Cc2c[nH]c3ccccc23)c1. The van der Waals surface area contributed by atoms with E-state index in [0.29, 0.717) is 16.7 Å². The Balaban J connectivity index is 1.70. The molecule has 2 amide bonds. The molecule has 10 heteroatoms. The van der Waals surface area contributed by atoms with Crippen molar-refractivity contribution < 1.29 is 32.6 Å².